The normalized spacial score (nSPS) is 11.5. The predicted molar refractivity (Wildman–Crippen MR) is 125 cm³/mol. The van der Waals surface area contributed by atoms with Crippen LogP contribution in [0.15, 0.2) is 71.6 Å². The third-order valence-corrected chi connectivity index (χ3v) is 7.20. The lowest BCUT2D eigenvalue weighted by molar-refractivity contribution is -0.116. The molecule has 0 fully saturated rings. The van der Waals surface area contributed by atoms with Crippen molar-refractivity contribution in [2.75, 3.05) is 11.9 Å². The summed E-state index contributed by atoms with van der Waals surface area (Å²) >= 11 is 12.2. The summed E-state index contributed by atoms with van der Waals surface area (Å²) in [7, 11) is -3.95. The number of rotatable bonds is 7. The summed E-state index contributed by atoms with van der Waals surface area (Å²) < 4.78 is 27.7. The van der Waals surface area contributed by atoms with E-state index in [0.717, 1.165) is 15.4 Å². The molecule has 0 aliphatic heterocycles. The van der Waals surface area contributed by atoms with Crippen LogP contribution < -0.4 is 5.32 Å². The summed E-state index contributed by atoms with van der Waals surface area (Å²) in [6.45, 7) is 3.32. The highest BCUT2D eigenvalue weighted by atomic mass is 35.5. The fourth-order valence-electron chi connectivity index (χ4n) is 3.16. The van der Waals surface area contributed by atoms with Crippen LogP contribution >= 0.6 is 23.2 Å². The maximum Gasteiger partial charge on any atom is 0.243 e. The van der Waals surface area contributed by atoms with Crippen molar-refractivity contribution in [2.45, 2.75) is 25.3 Å². The highest BCUT2D eigenvalue weighted by Gasteiger charge is 2.27. The molecule has 0 aromatic heterocycles. The van der Waals surface area contributed by atoms with Gasteiger partial charge >= 0.3 is 0 Å². The van der Waals surface area contributed by atoms with Crippen molar-refractivity contribution in [3.8, 4) is 0 Å². The van der Waals surface area contributed by atoms with Crippen molar-refractivity contribution in [3.05, 3.63) is 93.5 Å². The summed E-state index contributed by atoms with van der Waals surface area (Å²) in [4.78, 5) is 13.0. The Kier molecular flexibility index (Phi) is 7.38. The Balaban J connectivity index is 1.92. The molecule has 31 heavy (non-hydrogen) atoms. The average Bonchev–Trinajstić information content (AvgIpc) is 2.73. The fourth-order valence-corrected chi connectivity index (χ4v) is 5.02. The molecule has 0 heterocycles. The predicted octanol–water partition coefficient (Wildman–Crippen LogP) is 5.44. The number of halogens is 2. The van der Waals surface area contributed by atoms with Gasteiger partial charge in [-0.3, -0.25) is 4.79 Å². The lowest BCUT2D eigenvalue weighted by Gasteiger charge is -2.23. The second-order valence-electron chi connectivity index (χ2n) is 7.14. The molecule has 3 aromatic rings. The minimum absolute atomic E-state index is 0.0760. The van der Waals surface area contributed by atoms with Crippen molar-refractivity contribution >= 4 is 44.8 Å². The molecule has 1 amide bonds. The number of anilines is 1. The number of carbonyl (C=O) groups is 1. The van der Waals surface area contributed by atoms with E-state index in [1.807, 2.05) is 32.0 Å². The Morgan fingerprint density at radius 1 is 0.935 bits per heavy atom. The number of sulfonamides is 1. The highest BCUT2D eigenvalue weighted by molar-refractivity contribution is 7.89. The quantitative estimate of drug-likeness (QED) is 0.493. The number of hydrogen-bond donors (Lipinski definition) is 1. The molecule has 162 valence electrons. The first-order valence-corrected chi connectivity index (χ1v) is 11.7. The number of hydrogen-bond acceptors (Lipinski definition) is 3. The zero-order chi connectivity index (χ0) is 22.6. The molecule has 0 aliphatic rings. The number of para-hydroxylation sites is 1. The Morgan fingerprint density at radius 2 is 1.58 bits per heavy atom. The van der Waals surface area contributed by atoms with Crippen LogP contribution in [0.25, 0.3) is 0 Å². The van der Waals surface area contributed by atoms with Crippen LogP contribution in [0.3, 0.4) is 0 Å². The molecule has 0 saturated carbocycles. The minimum atomic E-state index is -3.95. The van der Waals surface area contributed by atoms with Crippen LogP contribution in [0, 0.1) is 13.8 Å². The number of nitrogens with one attached hydrogen (secondary N) is 1. The zero-order valence-electron chi connectivity index (χ0n) is 17.1. The van der Waals surface area contributed by atoms with Crippen molar-refractivity contribution in [2.24, 2.45) is 0 Å². The SMILES string of the molecule is Cc1cccc(C)c1NC(=O)CN(Cc1ccc(Cl)cc1Cl)S(=O)(=O)c1ccccc1. The third kappa shape index (κ3) is 5.66. The first-order valence-electron chi connectivity index (χ1n) is 9.53. The Labute approximate surface area is 192 Å². The minimum Gasteiger partial charge on any atom is -0.324 e. The van der Waals surface area contributed by atoms with Crippen LogP contribution in [0.2, 0.25) is 10.0 Å². The van der Waals surface area contributed by atoms with E-state index in [-0.39, 0.29) is 18.0 Å². The number of nitrogens with zero attached hydrogens (tertiary/aromatic N) is 1. The summed E-state index contributed by atoms with van der Waals surface area (Å²) in [5, 5.41) is 3.62. The lowest BCUT2D eigenvalue weighted by atomic mass is 10.1. The van der Waals surface area contributed by atoms with Crippen LogP contribution in [0.5, 0.6) is 0 Å². The van der Waals surface area contributed by atoms with Crippen molar-refractivity contribution < 1.29 is 13.2 Å². The second kappa shape index (κ2) is 9.83. The summed E-state index contributed by atoms with van der Waals surface area (Å²) in [5.74, 6) is -0.443. The van der Waals surface area contributed by atoms with E-state index in [1.54, 1.807) is 36.4 Å². The van der Waals surface area contributed by atoms with E-state index in [1.165, 1.54) is 12.1 Å². The van der Waals surface area contributed by atoms with Crippen molar-refractivity contribution in [3.63, 3.8) is 0 Å². The van der Waals surface area contributed by atoms with Gasteiger partial charge in [-0.25, -0.2) is 8.42 Å². The first-order chi connectivity index (χ1) is 14.7. The summed E-state index contributed by atoms with van der Waals surface area (Å²) in [5.41, 5.74) is 3.01. The summed E-state index contributed by atoms with van der Waals surface area (Å²) in [6, 6.07) is 18.5. The first kappa shape index (κ1) is 23.3. The van der Waals surface area contributed by atoms with E-state index in [9.17, 15) is 13.2 Å². The van der Waals surface area contributed by atoms with Crippen LogP contribution in [0.4, 0.5) is 5.69 Å². The average molecular weight is 477 g/mol. The van der Waals surface area contributed by atoms with Gasteiger partial charge in [0.15, 0.2) is 0 Å². The maximum absolute atomic E-state index is 13.3. The fraction of sp³-hybridized carbons (Fsp3) is 0.174. The molecule has 0 aliphatic carbocycles. The smallest absolute Gasteiger partial charge is 0.243 e. The number of amides is 1. The number of carbonyl (C=O) groups excluding carboxylic acids is 1. The van der Waals surface area contributed by atoms with Gasteiger partial charge in [0.1, 0.15) is 0 Å². The molecule has 0 unspecified atom stereocenters. The van der Waals surface area contributed by atoms with Gasteiger partial charge in [0, 0.05) is 22.3 Å². The molecule has 1 N–H and O–H groups in total. The van der Waals surface area contributed by atoms with E-state index in [2.05, 4.69) is 5.32 Å². The van der Waals surface area contributed by atoms with Gasteiger partial charge in [0.2, 0.25) is 15.9 Å². The third-order valence-electron chi connectivity index (χ3n) is 4.81. The molecular weight excluding hydrogens is 455 g/mol. The number of aryl methyl sites for hydroxylation is 2. The van der Waals surface area contributed by atoms with Crippen LogP contribution in [-0.4, -0.2) is 25.2 Å². The molecule has 3 aromatic carbocycles. The molecule has 8 heteroatoms. The molecule has 0 spiro atoms. The van der Waals surface area contributed by atoms with Gasteiger partial charge in [0.25, 0.3) is 0 Å². The van der Waals surface area contributed by atoms with Gasteiger partial charge in [-0.05, 0) is 54.8 Å². The molecule has 0 bridgehead atoms. The maximum atomic E-state index is 13.3. The largest absolute Gasteiger partial charge is 0.324 e. The Bertz CT molecular complexity index is 1180. The molecular formula is C23H22Cl2N2O3S. The van der Waals surface area contributed by atoms with E-state index in [0.29, 0.717) is 21.3 Å². The topological polar surface area (TPSA) is 66.5 Å². The Hall–Kier alpha value is -2.38. The molecule has 0 radical (unpaired) electrons. The van der Waals surface area contributed by atoms with E-state index in [4.69, 9.17) is 23.2 Å². The van der Waals surface area contributed by atoms with Crippen LogP contribution in [-0.2, 0) is 21.4 Å². The van der Waals surface area contributed by atoms with Crippen LogP contribution in [0.1, 0.15) is 16.7 Å². The lowest BCUT2D eigenvalue weighted by Crippen LogP contribution is -2.37. The van der Waals surface area contributed by atoms with Gasteiger partial charge in [-0.2, -0.15) is 4.31 Å². The summed E-state index contributed by atoms with van der Waals surface area (Å²) in [6.07, 6.45) is 0. The second-order valence-corrected chi connectivity index (χ2v) is 9.92. The number of benzene rings is 3. The van der Waals surface area contributed by atoms with Crippen molar-refractivity contribution in [1.82, 2.24) is 4.31 Å². The standard InChI is InChI=1S/C23H22Cl2N2O3S/c1-16-7-6-8-17(2)23(16)26-22(28)15-27(14-18-11-12-19(24)13-21(18)25)31(29,30)20-9-4-3-5-10-20/h3-13H,14-15H2,1-2H3,(H,26,28). The molecule has 5 nitrogen and oxygen atoms in total. The zero-order valence-corrected chi connectivity index (χ0v) is 19.4. The van der Waals surface area contributed by atoms with Gasteiger partial charge in [-0.1, -0.05) is 65.7 Å². The Morgan fingerprint density at radius 3 is 2.19 bits per heavy atom. The molecule has 0 atom stereocenters. The highest BCUT2D eigenvalue weighted by Crippen LogP contribution is 2.26. The molecule has 3 rings (SSSR count). The van der Waals surface area contributed by atoms with Gasteiger partial charge in [0.05, 0.1) is 11.4 Å². The van der Waals surface area contributed by atoms with Crippen molar-refractivity contribution in [1.29, 1.82) is 0 Å². The molecule has 0 saturated heterocycles. The van der Waals surface area contributed by atoms with Gasteiger partial charge in [-0.15, -0.1) is 0 Å². The van der Waals surface area contributed by atoms with E-state index >= 15 is 0 Å². The monoisotopic (exact) mass is 476 g/mol. The van der Waals surface area contributed by atoms with E-state index < -0.39 is 15.9 Å². The van der Waals surface area contributed by atoms with Gasteiger partial charge < -0.3 is 5.32 Å².